The van der Waals surface area contributed by atoms with Gasteiger partial charge in [0.05, 0.1) is 124 Å². The summed E-state index contributed by atoms with van der Waals surface area (Å²) in [7, 11) is 0. The van der Waals surface area contributed by atoms with Crippen molar-refractivity contribution < 1.29 is 121 Å². The van der Waals surface area contributed by atoms with E-state index in [0.29, 0.717) is 93.7 Å². The van der Waals surface area contributed by atoms with E-state index in [1.807, 2.05) is 63.9 Å². The predicted octanol–water partition coefficient (Wildman–Crippen LogP) is 10.7. The van der Waals surface area contributed by atoms with E-state index in [-0.39, 0.29) is 125 Å². The topological polar surface area (TPSA) is 473 Å². The summed E-state index contributed by atoms with van der Waals surface area (Å²) in [6.07, 6.45) is 6.56. The van der Waals surface area contributed by atoms with Gasteiger partial charge in [-0.05, 0) is 228 Å². The molecule has 0 unspecified atom stereocenters. The molecule has 0 aliphatic carbocycles. The van der Waals surface area contributed by atoms with Gasteiger partial charge in [0.2, 0.25) is 0 Å². The number of anilines is 2. The van der Waals surface area contributed by atoms with E-state index >= 15 is 0 Å². The van der Waals surface area contributed by atoms with E-state index in [1.165, 1.54) is 4.57 Å². The molecule has 8 N–H and O–H groups in total. The van der Waals surface area contributed by atoms with Crippen molar-refractivity contribution in [1.29, 1.82) is 10.5 Å². The third kappa shape index (κ3) is 23.3. The SMILES string of the molecule is CC1(C)CNC(=O)c2cc3ccc(C(=O)Nc4cccnc4)cc3n21.CC1(C)CNC(=O)c2cc3ccc(C(=O)O)cc3n21.CCOC(=O)c1ccc2cc(C(=O)OCC)n(C(C)(C)C#N)c2c1.CCOC(=O)c1ccc2cc(C(=O)OCC)n(CC#N)c2c1.CCOC(=O)c1ccc2cc3n(c2c1)C(C)(C)CNC3=O.Nc1cccnc1.O=C(Cl)C(=O)Cl.[Na+].[OH-]. The monoisotopic (exact) mass is 1770 g/mol. The fourth-order valence-corrected chi connectivity index (χ4v) is 13.9. The van der Waals surface area contributed by atoms with E-state index in [1.54, 1.807) is 193 Å². The molecule has 5 aromatic carbocycles. The van der Waals surface area contributed by atoms with E-state index in [9.17, 15) is 62.8 Å². The molecule has 10 heterocycles. The largest absolute Gasteiger partial charge is 1.00 e. The second-order valence-corrected chi connectivity index (χ2v) is 30.9. The maximum absolute atomic E-state index is 12.5. The number of hydrogen-bond acceptors (Lipinski definition) is 23. The first-order valence-electron chi connectivity index (χ1n) is 39.1. The van der Waals surface area contributed by atoms with Crippen LogP contribution in [0, 0.1) is 22.7 Å². The van der Waals surface area contributed by atoms with Crippen molar-refractivity contribution in [3.63, 3.8) is 0 Å². The van der Waals surface area contributed by atoms with E-state index < -0.39 is 45.9 Å². The number of carbonyl (C=O) groups is 12. The van der Waals surface area contributed by atoms with Crippen LogP contribution in [0.15, 0.2) is 170 Å². The van der Waals surface area contributed by atoms with Gasteiger partial charge in [-0.15, -0.1) is 0 Å². The van der Waals surface area contributed by atoms with Crippen molar-refractivity contribution >= 4 is 159 Å². The van der Waals surface area contributed by atoms with Gasteiger partial charge in [-0.1, -0.05) is 30.3 Å². The van der Waals surface area contributed by atoms with E-state index in [4.69, 9.17) is 39.8 Å². The molecular formula is C90H93Cl2N14NaO19. The summed E-state index contributed by atoms with van der Waals surface area (Å²) in [6.45, 7) is 27.4. The van der Waals surface area contributed by atoms with Crippen LogP contribution in [0.5, 0.6) is 0 Å². The van der Waals surface area contributed by atoms with Crippen LogP contribution in [0.3, 0.4) is 0 Å². The summed E-state index contributed by atoms with van der Waals surface area (Å²) in [5.74, 6) is -3.67. The number of fused-ring (bicyclic) bond motifs is 11. The number of hydrogen-bond donors (Lipinski definition) is 6. The van der Waals surface area contributed by atoms with Gasteiger partial charge in [0.1, 0.15) is 40.6 Å². The number of ether oxygens (including phenoxy) is 5. The number of benzene rings is 5. The number of halogens is 2. The molecule has 652 valence electrons. The van der Waals surface area contributed by atoms with Crippen molar-refractivity contribution in [2.75, 3.05) is 63.7 Å². The zero-order chi connectivity index (χ0) is 90.9. The van der Waals surface area contributed by atoms with Crippen LogP contribution in [-0.2, 0) is 62.0 Å². The molecule has 126 heavy (non-hydrogen) atoms. The zero-order valence-electron chi connectivity index (χ0n) is 71.7. The van der Waals surface area contributed by atoms with Gasteiger partial charge >= 0.3 is 75.9 Å². The number of aromatic carboxylic acids is 1. The number of nitriles is 2. The number of rotatable bonds is 16. The molecule has 0 fully saturated rings. The second kappa shape index (κ2) is 43.2. The summed E-state index contributed by atoms with van der Waals surface area (Å²) in [6, 6.07) is 46.0. The molecule has 15 rings (SSSR count). The van der Waals surface area contributed by atoms with Crippen molar-refractivity contribution in [3.8, 4) is 12.1 Å². The first-order valence-corrected chi connectivity index (χ1v) is 39.8. The Kier molecular flexibility index (Phi) is 34.1. The Morgan fingerprint density at radius 3 is 1.18 bits per heavy atom. The summed E-state index contributed by atoms with van der Waals surface area (Å²) < 4.78 is 34.2. The Hall–Kier alpha value is -13.5. The molecule has 0 bridgehead atoms. The molecule has 0 radical (unpaired) electrons. The molecule has 4 amide bonds. The van der Waals surface area contributed by atoms with Crippen molar-refractivity contribution in [2.24, 2.45) is 0 Å². The fourth-order valence-electron chi connectivity index (χ4n) is 13.9. The van der Waals surface area contributed by atoms with Gasteiger partial charge in [0.25, 0.3) is 23.6 Å². The maximum atomic E-state index is 12.5. The summed E-state index contributed by atoms with van der Waals surface area (Å²) >= 11 is 8.98. The van der Waals surface area contributed by atoms with E-state index in [0.717, 1.165) is 43.5 Å². The number of amides is 4. The molecule has 36 heteroatoms. The van der Waals surface area contributed by atoms with Crippen molar-refractivity contribution in [3.05, 3.63) is 227 Å². The molecule has 0 saturated heterocycles. The number of carboxylic acids is 1. The molecule has 0 spiro atoms. The van der Waals surface area contributed by atoms with Crippen LogP contribution in [0.2, 0.25) is 0 Å². The minimum Gasteiger partial charge on any atom is -0.870 e. The van der Waals surface area contributed by atoms with Crippen LogP contribution in [0.1, 0.15) is 194 Å². The molecule has 12 aromatic rings. The van der Waals surface area contributed by atoms with Gasteiger partial charge in [-0.25, -0.2) is 28.8 Å². The first-order chi connectivity index (χ1) is 58.8. The van der Waals surface area contributed by atoms with Gasteiger partial charge in [-0.3, -0.25) is 38.7 Å². The van der Waals surface area contributed by atoms with Crippen molar-refractivity contribution in [1.82, 2.24) is 48.8 Å². The number of carboxylic acid groups (broad SMARTS) is 1. The molecule has 3 aliphatic rings. The zero-order valence-corrected chi connectivity index (χ0v) is 75.2. The van der Waals surface area contributed by atoms with Gasteiger partial charge in [-0.2, -0.15) is 10.5 Å². The maximum Gasteiger partial charge on any atom is 1.00 e. The normalized spacial score (nSPS) is 13.1. The van der Waals surface area contributed by atoms with Gasteiger partial charge in [0.15, 0.2) is 0 Å². The Balaban J connectivity index is 0.000000208. The Labute approximate surface area is 755 Å². The Morgan fingerprint density at radius 1 is 0.484 bits per heavy atom. The predicted molar refractivity (Wildman–Crippen MR) is 466 cm³/mol. The number of nitrogen functional groups attached to an aromatic ring is 1. The quantitative estimate of drug-likeness (QED) is 0.0172. The number of nitrogens with one attached hydrogen (secondary N) is 4. The molecule has 3 aliphatic heterocycles. The molecule has 33 nitrogen and oxygen atoms in total. The number of aromatic nitrogens is 7. The average Bonchev–Trinajstić information content (AvgIpc) is 1.60. The number of carbonyl (C=O) groups excluding carboxylic acids is 11. The number of pyridine rings is 2. The molecular weight excluding hydrogens is 1670 g/mol. The third-order valence-corrected chi connectivity index (χ3v) is 20.0. The van der Waals surface area contributed by atoms with E-state index in [2.05, 4.69) is 88.2 Å². The Bertz CT molecular complexity index is 6220. The molecule has 0 saturated carbocycles. The number of esters is 5. The standard InChI is InChI=1S/C19H18N4O2.C18H20N2O4.C16H16N2O4.C16H18N2O3.C14H14N2O3.C5H6N2.C2Cl2O2.Na.H2O/c1-19(2)11-21-18(25)16-8-12-5-6-13(9-15(12)23(16)19)17(24)22-14-4-3-7-20-10-14;1-5-23-16(21)13-8-7-12-9-15(17(22)24-6-2)20(14(12)10-13)18(3,4)11-19;1-3-21-15(19)12-6-5-11-9-14(16(20)22-4-2)18(8-7-17)13(11)10-12;1-4-21-15(20)11-6-5-10-7-13-14(19)17-9-16(2,3)18(13)12(10)8-11;1-14(2)7-15-12(17)11-5-8-3-4-9(13(18)19)6-10(8)16(11)14;6-5-2-1-3-7-4-5;3-1(5)2(4)6;;/h3-10H,11H2,1-2H3,(H,21,25)(H,22,24);7-10H,5-6H2,1-4H3;5-6,9-10H,3-4,8H2,1-2H3;5-8H,4,9H2,1-3H3,(H,17,19);3-6H,7H2,1-2H3,(H,15,17)(H,18,19);1-4H,6H2;;;1H2/q;;;;;;;+1;/p-1. The minimum atomic E-state index is -1.14. The summed E-state index contributed by atoms with van der Waals surface area (Å²) in [5, 5.41) is 41.1. The van der Waals surface area contributed by atoms with Crippen LogP contribution < -0.4 is 56.6 Å². The van der Waals surface area contributed by atoms with Crippen LogP contribution in [0.4, 0.5) is 11.4 Å². The summed E-state index contributed by atoms with van der Waals surface area (Å²) in [5.41, 5.74) is 13.1. The summed E-state index contributed by atoms with van der Waals surface area (Å²) in [4.78, 5) is 146. The van der Waals surface area contributed by atoms with Gasteiger partial charge in [0, 0.05) is 76.2 Å². The molecule has 7 aromatic heterocycles. The van der Waals surface area contributed by atoms with Gasteiger partial charge < -0.3 is 84.1 Å². The average molecular weight is 1770 g/mol. The van der Waals surface area contributed by atoms with Crippen molar-refractivity contribution in [2.45, 2.75) is 119 Å². The molecule has 0 atom stereocenters. The smallest absolute Gasteiger partial charge is 0.870 e. The number of nitrogens with zero attached hydrogens (tertiary/aromatic N) is 9. The van der Waals surface area contributed by atoms with Crippen LogP contribution >= 0.6 is 23.2 Å². The van der Waals surface area contributed by atoms with Crippen LogP contribution in [0.25, 0.3) is 54.5 Å². The Morgan fingerprint density at radius 2 is 0.825 bits per heavy atom. The van der Waals surface area contributed by atoms with Crippen LogP contribution in [-0.4, -0.2) is 166 Å². The third-order valence-electron chi connectivity index (χ3n) is 19.5. The fraction of sp³-hybridized carbons (Fsp3) is 0.289. The number of nitrogens with two attached hydrogens (primary N) is 1. The minimum absolute atomic E-state index is 0. The second-order valence-electron chi connectivity index (χ2n) is 30.2. The first kappa shape index (κ1) is 99.6.